The number of carbonyl (C=O) groups is 2. The molecule has 0 aliphatic carbocycles. The number of nitrogens with zero attached hydrogens (tertiary/aromatic N) is 3. The molecule has 9 heteroatoms. The normalized spacial score (nSPS) is 11.3. The largest absolute Gasteiger partial charge is 0.493 e. The van der Waals surface area contributed by atoms with Crippen molar-refractivity contribution < 1.29 is 14.7 Å². The zero-order chi connectivity index (χ0) is 23.1. The Hall–Kier alpha value is -2.71. The molecule has 0 atom stereocenters. The molecule has 0 saturated carbocycles. The summed E-state index contributed by atoms with van der Waals surface area (Å²) in [5.41, 5.74) is 1.57. The van der Waals surface area contributed by atoms with Gasteiger partial charge >= 0.3 is 0 Å². The van der Waals surface area contributed by atoms with Crippen LogP contribution in [0.2, 0.25) is 5.02 Å². The molecule has 168 valence electrons. The number of amides is 2. The molecule has 32 heavy (non-hydrogen) atoms. The van der Waals surface area contributed by atoms with Crippen molar-refractivity contribution in [2.75, 3.05) is 6.54 Å². The van der Waals surface area contributed by atoms with Gasteiger partial charge in [0.2, 0.25) is 5.88 Å². The van der Waals surface area contributed by atoms with Crippen LogP contribution in [0.5, 0.6) is 5.88 Å². The van der Waals surface area contributed by atoms with Gasteiger partial charge < -0.3 is 15.0 Å². The minimum Gasteiger partial charge on any atom is -0.493 e. The van der Waals surface area contributed by atoms with Crippen molar-refractivity contribution in [3.8, 4) is 5.88 Å². The Balaban J connectivity index is 1.47. The smallest absolute Gasteiger partial charge is 0.264 e. The third-order valence-electron chi connectivity index (χ3n) is 5.02. The van der Waals surface area contributed by atoms with Crippen molar-refractivity contribution in [3.63, 3.8) is 0 Å². The SMILES string of the molecule is CCn1c(O)c(N=NC(=O)CCCCCNC(=O)c2ccccc2Cl)c2cc(Br)ccc21. The summed E-state index contributed by atoms with van der Waals surface area (Å²) < 4.78 is 2.57. The van der Waals surface area contributed by atoms with Crippen molar-refractivity contribution in [2.24, 2.45) is 10.2 Å². The van der Waals surface area contributed by atoms with Crippen molar-refractivity contribution in [3.05, 3.63) is 57.5 Å². The first kappa shape index (κ1) is 23.9. The van der Waals surface area contributed by atoms with Crippen LogP contribution >= 0.6 is 27.5 Å². The Kier molecular flexibility index (Phi) is 8.41. The van der Waals surface area contributed by atoms with Crippen molar-refractivity contribution >= 4 is 55.9 Å². The van der Waals surface area contributed by atoms with Crippen molar-refractivity contribution in [2.45, 2.75) is 39.2 Å². The summed E-state index contributed by atoms with van der Waals surface area (Å²) in [6.45, 7) is 2.99. The highest BCUT2D eigenvalue weighted by atomic mass is 79.9. The van der Waals surface area contributed by atoms with E-state index in [0.717, 1.165) is 28.2 Å². The van der Waals surface area contributed by atoms with Crippen LogP contribution in [0.3, 0.4) is 0 Å². The Bertz CT molecular complexity index is 1160. The fourth-order valence-electron chi connectivity index (χ4n) is 3.39. The third-order valence-corrected chi connectivity index (χ3v) is 5.84. The highest BCUT2D eigenvalue weighted by Gasteiger charge is 2.16. The van der Waals surface area contributed by atoms with Gasteiger partial charge in [0.25, 0.3) is 11.8 Å². The number of benzene rings is 2. The van der Waals surface area contributed by atoms with E-state index in [1.165, 1.54) is 0 Å². The minimum absolute atomic E-state index is 0.00795. The van der Waals surface area contributed by atoms with Crippen LogP contribution < -0.4 is 5.32 Å². The van der Waals surface area contributed by atoms with E-state index in [1.807, 2.05) is 25.1 Å². The number of halogens is 2. The molecule has 0 fully saturated rings. The third kappa shape index (κ3) is 5.75. The topological polar surface area (TPSA) is 96.0 Å². The van der Waals surface area contributed by atoms with E-state index in [0.29, 0.717) is 35.8 Å². The Morgan fingerprint density at radius 1 is 1.16 bits per heavy atom. The second kappa shape index (κ2) is 11.2. The Morgan fingerprint density at radius 2 is 1.94 bits per heavy atom. The quantitative estimate of drug-likeness (QED) is 0.253. The first-order valence-electron chi connectivity index (χ1n) is 10.4. The van der Waals surface area contributed by atoms with Crippen LogP contribution in [0.1, 0.15) is 43.0 Å². The number of azo groups is 1. The number of fused-ring (bicyclic) bond motifs is 1. The maximum absolute atomic E-state index is 12.1. The van der Waals surface area contributed by atoms with Crippen molar-refractivity contribution in [1.82, 2.24) is 9.88 Å². The number of unbranched alkanes of at least 4 members (excludes halogenated alkanes) is 2. The van der Waals surface area contributed by atoms with E-state index >= 15 is 0 Å². The maximum atomic E-state index is 12.1. The van der Waals surface area contributed by atoms with E-state index in [-0.39, 0.29) is 24.1 Å². The van der Waals surface area contributed by atoms with Crippen LogP contribution in [-0.2, 0) is 11.3 Å². The first-order valence-corrected chi connectivity index (χ1v) is 11.6. The Morgan fingerprint density at radius 3 is 2.69 bits per heavy atom. The second-order valence-corrected chi connectivity index (χ2v) is 8.54. The fraction of sp³-hybridized carbons (Fsp3) is 0.304. The lowest BCUT2D eigenvalue weighted by Gasteiger charge is -2.06. The molecule has 0 aliphatic rings. The number of aromatic hydroxyl groups is 1. The average molecular weight is 520 g/mol. The number of carbonyl (C=O) groups excluding carboxylic acids is 2. The minimum atomic E-state index is -0.350. The predicted octanol–water partition coefficient (Wildman–Crippen LogP) is 6.38. The summed E-state index contributed by atoms with van der Waals surface area (Å²) in [4.78, 5) is 24.2. The molecule has 2 aromatic carbocycles. The highest BCUT2D eigenvalue weighted by molar-refractivity contribution is 9.10. The monoisotopic (exact) mass is 518 g/mol. The molecule has 1 heterocycles. The molecule has 0 radical (unpaired) electrons. The van der Waals surface area contributed by atoms with Gasteiger partial charge in [0.15, 0.2) is 5.69 Å². The summed E-state index contributed by atoms with van der Waals surface area (Å²) in [6, 6.07) is 12.5. The van der Waals surface area contributed by atoms with Gasteiger partial charge in [-0.2, -0.15) is 0 Å². The van der Waals surface area contributed by atoms with E-state index in [1.54, 1.807) is 28.8 Å². The van der Waals surface area contributed by atoms with Gasteiger partial charge in [-0.25, -0.2) is 0 Å². The lowest BCUT2D eigenvalue weighted by atomic mass is 10.1. The molecule has 3 aromatic rings. The van der Waals surface area contributed by atoms with E-state index < -0.39 is 0 Å². The van der Waals surface area contributed by atoms with Gasteiger partial charge in [-0.1, -0.05) is 46.1 Å². The van der Waals surface area contributed by atoms with Gasteiger partial charge in [-0.15, -0.1) is 10.2 Å². The molecule has 1 aromatic heterocycles. The standard InChI is InChI=1S/C23H24BrClN4O3/c1-2-29-19-12-11-15(24)14-17(19)21(23(29)32)28-27-20(30)10-4-3-7-13-26-22(31)16-8-5-6-9-18(16)25/h5-6,8-9,11-12,14,32H,2-4,7,10,13H2,1H3,(H,26,31). The van der Waals surface area contributed by atoms with Crippen LogP contribution in [0, 0.1) is 0 Å². The van der Waals surface area contributed by atoms with Gasteiger partial charge in [-0.3, -0.25) is 9.59 Å². The molecule has 2 amide bonds. The molecular weight excluding hydrogens is 496 g/mol. The molecule has 3 rings (SSSR count). The van der Waals surface area contributed by atoms with Crippen molar-refractivity contribution in [1.29, 1.82) is 0 Å². The molecule has 0 saturated heterocycles. The summed E-state index contributed by atoms with van der Waals surface area (Å²) in [5, 5.41) is 22.3. The zero-order valence-electron chi connectivity index (χ0n) is 17.6. The van der Waals surface area contributed by atoms with Gasteiger partial charge in [0.1, 0.15) is 0 Å². The number of aromatic nitrogens is 1. The summed E-state index contributed by atoms with van der Waals surface area (Å²) in [6.07, 6.45) is 2.38. The van der Waals surface area contributed by atoms with E-state index in [2.05, 4.69) is 31.5 Å². The molecule has 0 spiro atoms. The number of hydrogen-bond donors (Lipinski definition) is 2. The van der Waals surface area contributed by atoms with Crippen LogP contribution in [0.25, 0.3) is 10.9 Å². The first-order chi connectivity index (χ1) is 15.4. The maximum Gasteiger partial charge on any atom is 0.264 e. The average Bonchev–Trinajstić information content (AvgIpc) is 3.04. The fourth-order valence-corrected chi connectivity index (χ4v) is 3.97. The second-order valence-electron chi connectivity index (χ2n) is 7.22. The number of aryl methyl sites for hydroxylation is 1. The molecular formula is C23H24BrClN4O3. The Labute approximate surface area is 199 Å². The molecule has 7 nitrogen and oxygen atoms in total. The predicted molar refractivity (Wildman–Crippen MR) is 129 cm³/mol. The van der Waals surface area contributed by atoms with E-state index in [4.69, 9.17) is 11.6 Å². The van der Waals surface area contributed by atoms with Gasteiger partial charge in [-0.05, 0) is 50.1 Å². The lowest BCUT2D eigenvalue weighted by molar-refractivity contribution is -0.118. The van der Waals surface area contributed by atoms with Gasteiger partial charge in [0, 0.05) is 29.4 Å². The van der Waals surface area contributed by atoms with Crippen LogP contribution in [0.4, 0.5) is 5.69 Å². The number of rotatable bonds is 9. The summed E-state index contributed by atoms with van der Waals surface area (Å²) in [5.74, 6) is -0.568. The van der Waals surface area contributed by atoms with Crippen LogP contribution in [0.15, 0.2) is 57.2 Å². The molecule has 0 unspecified atom stereocenters. The molecule has 2 N–H and O–H groups in total. The number of hydrogen-bond acceptors (Lipinski definition) is 4. The summed E-state index contributed by atoms with van der Waals surface area (Å²) in [7, 11) is 0. The van der Waals surface area contributed by atoms with Crippen LogP contribution in [-0.4, -0.2) is 28.0 Å². The molecule has 0 bridgehead atoms. The van der Waals surface area contributed by atoms with Gasteiger partial charge in [0.05, 0.1) is 16.1 Å². The number of nitrogens with one attached hydrogen (secondary N) is 1. The molecule has 0 aliphatic heterocycles. The lowest BCUT2D eigenvalue weighted by Crippen LogP contribution is -2.24. The summed E-state index contributed by atoms with van der Waals surface area (Å²) >= 11 is 9.43. The highest BCUT2D eigenvalue weighted by Crippen LogP contribution is 2.40. The van der Waals surface area contributed by atoms with E-state index in [9.17, 15) is 14.7 Å². The zero-order valence-corrected chi connectivity index (χ0v) is 20.0.